The largest absolute Gasteiger partial charge is 0.359 e. The van der Waals surface area contributed by atoms with Crippen molar-refractivity contribution in [2.45, 2.75) is 32.9 Å². The molecule has 148 valence electrons. The Morgan fingerprint density at radius 1 is 1.17 bits per heavy atom. The molecule has 0 aliphatic carbocycles. The summed E-state index contributed by atoms with van der Waals surface area (Å²) in [5.74, 6) is 0.182. The molecule has 29 heavy (non-hydrogen) atoms. The summed E-state index contributed by atoms with van der Waals surface area (Å²) < 4.78 is 5.35. The first-order chi connectivity index (χ1) is 14.0. The van der Waals surface area contributed by atoms with Gasteiger partial charge in [0.2, 0.25) is 11.8 Å². The van der Waals surface area contributed by atoms with Crippen LogP contribution >= 0.6 is 0 Å². The summed E-state index contributed by atoms with van der Waals surface area (Å²) in [7, 11) is 0. The van der Waals surface area contributed by atoms with Gasteiger partial charge in [0.05, 0.1) is 30.0 Å². The van der Waals surface area contributed by atoms with E-state index in [1.807, 2.05) is 73.3 Å². The Morgan fingerprint density at radius 2 is 1.93 bits per heavy atom. The summed E-state index contributed by atoms with van der Waals surface area (Å²) in [5, 5.41) is 9.69. The molecule has 1 aromatic heterocycles. The summed E-state index contributed by atoms with van der Waals surface area (Å²) >= 11 is 0. The summed E-state index contributed by atoms with van der Waals surface area (Å²) in [4.78, 5) is 27.4. The Bertz CT molecular complexity index is 1040. The Labute approximate surface area is 168 Å². The Kier molecular flexibility index (Phi) is 5.03. The molecule has 0 unspecified atom stereocenters. The van der Waals surface area contributed by atoms with Crippen LogP contribution in [-0.2, 0) is 16.1 Å². The zero-order chi connectivity index (χ0) is 20.4. The number of carbonyl (C=O) groups excluding carboxylic acids is 2. The van der Waals surface area contributed by atoms with Gasteiger partial charge in [-0.15, -0.1) is 0 Å². The molecule has 2 heterocycles. The number of benzene rings is 2. The van der Waals surface area contributed by atoms with Gasteiger partial charge in [-0.2, -0.15) is 0 Å². The zero-order valence-electron chi connectivity index (χ0n) is 16.3. The second-order valence-corrected chi connectivity index (χ2v) is 7.20. The van der Waals surface area contributed by atoms with E-state index in [0.717, 1.165) is 16.9 Å². The van der Waals surface area contributed by atoms with Crippen LogP contribution in [0.4, 0.5) is 17.1 Å². The van der Waals surface area contributed by atoms with E-state index >= 15 is 0 Å². The summed E-state index contributed by atoms with van der Waals surface area (Å²) in [5.41, 5.74) is 4.14. The SMILES string of the molecule is Cc1ccc(NC(=O)C[C@H]2C(=O)Nc3ccccc3N2Cc2cc(C)no2)cc1. The van der Waals surface area contributed by atoms with E-state index in [4.69, 9.17) is 4.52 Å². The molecular formula is C22H22N4O3. The Hall–Kier alpha value is -3.61. The molecular weight excluding hydrogens is 368 g/mol. The molecule has 2 amide bonds. The lowest BCUT2D eigenvalue weighted by Gasteiger charge is -2.37. The second-order valence-electron chi connectivity index (χ2n) is 7.20. The average molecular weight is 390 g/mol. The van der Waals surface area contributed by atoms with Gasteiger partial charge in [-0.25, -0.2) is 0 Å². The van der Waals surface area contributed by atoms with Gasteiger partial charge in [0.1, 0.15) is 6.04 Å². The Balaban J connectivity index is 1.58. The predicted molar refractivity (Wildman–Crippen MR) is 111 cm³/mol. The molecule has 0 radical (unpaired) electrons. The number of para-hydroxylation sites is 2. The molecule has 1 aliphatic rings. The Morgan fingerprint density at radius 3 is 2.66 bits per heavy atom. The number of hydrogen-bond acceptors (Lipinski definition) is 5. The zero-order valence-corrected chi connectivity index (χ0v) is 16.3. The molecule has 0 saturated carbocycles. The molecule has 4 rings (SSSR count). The highest BCUT2D eigenvalue weighted by atomic mass is 16.5. The molecule has 2 N–H and O–H groups in total. The lowest BCUT2D eigenvalue weighted by atomic mass is 10.0. The van der Waals surface area contributed by atoms with E-state index in [1.54, 1.807) is 0 Å². The van der Waals surface area contributed by atoms with Gasteiger partial charge in [0.25, 0.3) is 0 Å². The van der Waals surface area contributed by atoms with Crippen molar-refractivity contribution < 1.29 is 14.1 Å². The van der Waals surface area contributed by atoms with Gasteiger partial charge in [0.15, 0.2) is 5.76 Å². The van der Waals surface area contributed by atoms with Crippen molar-refractivity contribution in [1.82, 2.24) is 5.16 Å². The molecule has 0 saturated heterocycles. The van der Waals surface area contributed by atoms with Crippen molar-refractivity contribution in [2.24, 2.45) is 0 Å². The van der Waals surface area contributed by atoms with Gasteiger partial charge in [-0.3, -0.25) is 9.59 Å². The van der Waals surface area contributed by atoms with Crippen molar-refractivity contribution in [2.75, 3.05) is 15.5 Å². The van der Waals surface area contributed by atoms with E-state index in [2.05, 4.69) is 15.8 Å². The van der Waals surface area contributed by atoms with Gasteiger partial charge in [-0.05, 0) is 38.1 Å². The maximum absolute atomic E-state index is 12.8. The molecule has 7 nitrogen and oxygen atoms in total. The minimum absolute atomic E-state index is 0.0150. The van der Waals surface area contributed by atoms with Crippen LogP contribution in [0.5, 0.6) is 0 Å². The lowest BCUT2D eigenvalue weighted by molar-refractivity contribution is -0.122. The molecule has 0 bridgehead atoms. The fourth-order valence-corrected chi connectivity index (χ4v) is 3.44. The van der Waals surface area contributed by atoms with Crippen LogP contribution in [0.3, 0.4) is 0 Å². The fraction of sp³-hybridized carbons (Fsp3) is 0.227. The fourth-order valence-electron chi connectivity index (χ4n) is 3.44. The molecule has 1 aliphatic heterocycles. The highest BCUT2D eigenvalue weighted by Crippen LogP contribution is 2.34. The van der Waals surface area contributed by atoms with E-state index in [0.29, 0.717) is 23.7 Å². The number of aryl methyl sites for hydroxylation is 2. The highest BCUT2D eigenvalue weighted by molar-refractivity contribution is 6.06. The molecule has 1 atom stereocenters. The highest BCUT2D eigenvalue weighted by Gasteiger charge is 2.35. The third-order valence-corrected chi connectivity index (χ3v) is 4.87. The third-order valence-electron chi connectivity index (χ3n) is 4.87. The minimum atomic E-state index is -0.666. The van der Waals surface area contributed by atoms with Crippen molar-refractivity contribution in [3.05, 3.63) is 71.6 Å². The van der Waals surface area contributed by atoms with E-state index in [-0.39, 0.29) is 18.2 Å². The molecule has 3 aromatic rings. The number of nitrogens with one attached hydrogen (secondary N) is 2. The standard InChI is InChI=1S/C22H22N4O3/c1-14-7-9-16(10-8-14)23-21(27)12-20-22(28)24-18-5-3-4-6-19(18)26(20)13-17-11-15(2)25-29-17/h3-11,20H,12-13H2,1-2H3,(H,23,27)(H,24,28)/t20-/m0/s1. The predicted octanol–water partition coefficient (Wildman–Crippen LogP) is 3.65. The van der Waals surface area contributed by atoms with Crippen LogP contribution in [-0.4, -0.2) is 23.0 Å². The van der Waals surface area contributed by atoms with E-state index in [9.17, 15) is 9.59 Å². The quantitative estimate of drug-likeness (QED) is 0.694. The number of hydrogen-bond donors (Lipinski definition) is 2. The summed E-state index contributed by atoms with van der Waals surface area (Å²) in [6.07, 6.45) is 0.0150. The molecule has 7 heteroatoms. The first kappa shape index (κ1) is 18.7. The number of aromatic nitrogens is 1. The number of fused-ring (bicyclic) bond motifs is 1. The first-order valence-electron chi connectivity index (χ1n) is 9.45. The van der Waals surface area contributed by atoms with Crippen molar-refractivity contribution >= 4 is 28.9 Å². The molecule has 2 aromatic carbocycles. The topological polar surface area (TPSA) is 87.5 Å². The van der Waals surface area contributed by atoms with Crippen molar-refractivity contribution in [3.8, 4) is 0 Å². The third kappa shape index (κ3) is 4.13. The average Bonchev–Trinajstić information content (AvgIpc) is 3.11. The monoisotopic (exact) mass is 390 g/mol. The first-order valence-corrected chi connectivity index (χ1v) is 9.45. The number of amides is 2. The van der Waals surface area contributed by atoms with Crippen LogP contribution in [0.15, 0.2) is 59.1 Å². The van der Waals surface area contributed by atoms with Crippen molar-refractivity contribution in [3.63, 3.8) is 0 Å². The van der Waals surface area contributed by atoms with E-state index in [1.165, 1.54) is 0 Å². The van der Waals surface area contributed by atoms with Gasteiger partial charge >= 0.3 is 0 Å². The number of carbonyl (C=O) groups is 2. The number of rotatable bonds is 5. The van der Waals surface area contributed by atoms with Crippen LogP contribution in [0, 0.1) is 13.8 Å². The maximum Gasteiger partial charge on any atom is 0.247 e. The van der Waals surface area contributed by atoms with Crippen LogP contribution < -0.4 is 15.5 Å². The summed E-state index contributed by atoms with van der Waals surface area (Å²) in [6.45, 7) is 4.17. The van der Waals surface area contributed by atoms with Crippen LogP contribution in [0.1, 0.15) is 23.4 Å². The van der Waals surface area contributed by atoms with Gasteiger partial charge in [0, 0.05) is 11.8 Å². The smallest absolute Gasteiger partial charge is 0.247 e. The lowest BCUT2D eigenvalue weighted by Crippen LogP contribution is -2.49. The van der Waals surface area contributed by atoms with Crippen molar-refractivity contribution in [1.29, 1.82) is 0 Å². The minimum Gasteiger partial charge on any atom is -0.359 e. The van der Waals surface area contributed by atoms with E-state index < -0.39 is 6.04 Å². The second kappa shape index (κ2) is 7.79. The van der Waals surface area contributed by atoms with Gasteiger partial charge < -0.3 is 20.1 Å². The molecule has 0 fully saturated rings. The van der Waals surface area contributed by atoms with Gasteiger partial charge in [-0.1, -0.05) is 35.0 Å². The van der Waals surface area contributed by atoms with Crippen LogP contribution in [0.2, 0.25) is 0 Å². The van der Waals surface area contributed by atoms with Crippen LogP contribution in [0.25, 0.3) is 0 Å². The maximum atomic E-state index is 12.8. The normalized spacial score (nSPS) is 15.6. The summed E-state index contributed by atoms with van der Waals surface area (Å²) in [6, 6.07) is 16.2. The number of anilines is 3. The number of nitrogens with zero attached hydrogens (tertiary/aromatic N) is 2. The molecule has 0 spiro atoms.